The Morgan fingerprint density at radius 3 is 2.44 bits per heavy atom. The maximum atomic E-state index is 11.7. The molecule has 2 aromatic rings. The Kier molecular flexibility index (Phi) is 2.79. The van der Waals surface area contributed by atoms with E-state index >= 15 is 0 Å². The lowest BCUT2D eigenvalue weighted by atomic mass is 10.3. The van der Waals surface area contributed by atoms with Crippen molar-refractivity contribution >= 4 is 32.8 Å². The predicted octanol–water partition coefficient (Wildman–Crippen LogP) is 1.40. The highest BCUT2D eigenvalue weighted by Gasteiger charge is 2.19. The molecule has 84 valence electrons. The summed E-state index contributed by atoms with van der Waals surface area (Å²) in [6.07, 6.45) is 3.05. The lowest BCUT2D eigenvalue weighted by molar-refractivity contribution is 0.561. The number of sulfonamides is 1. The molecule has 0 aliphatic carbocycles. The first-order valence-electron chi connectivity index (χ1n) is 4.37. The third-order valence-electron chi connectivity index (χ3n) is 2.07. The molecule has 0 aliphatic heterocycles. The lowest BCUT2D eigenvalue weighted by Crippen LogP contribution is -2.17. The highest BCUT2D eigenvalue weighted by molar-refractivity contribution is 7.90. The summed E-state index contributed by atoms with van der Waals surface area (Å²) in [6.45, 7) is 0. The molecule has 0 aliphatic rings. The molecule has 0 fully saturated rings. The van der Waals surface area contributed by atoms with E-state index in [1.54, 1.807) is 12.3 Å². The Morgan fingerprint density at radius 2 is 1.81 bits per heavy atom. The molecule has 5 nitrogen and oxygen atoms in total. The highest BCUT2D eigenvalue weighted by atomic mass is 35.5. The minimum atomic E-state index is -3.64. The molecule has 7 heteroatoms. The third kappa shape index (κ3) is 1.87. The van der Waals surface area contributed by atoms with Crippen LogP contribution in [0.3, 0.4) is 0 Å². The monoisotopic (exact) mass is 257 g/mol. The zero-order valence-electron chi connectivity index (χ0n) is 8.33. The van der Waals surface area contributed by atoms with Gasteiger partial charge in [-0.15, -0.1) is 3.82 Å². The minimum Gasteiger partial charge on any atom is -0.253 e. The molecular weight excluding hydrogens is 250 g/mol. The summed E-state index contributed by atoms with van der Waals surface area (Å²) in [4.78, 5) is 8.17. The van der Waals surface area contributed by atoms with E-state index in [1.165, 1.54) is 25.4 Å². The van der Waals surface area contributed by atoms with Crippen molar-refractivity contribution in [2.45, 2.75) is 4.90 Å². The van der Waals surface area contributed by atoms with Crippen LogP contribution in [0.1, 0.15) is 0 Å². The molecule has 1 aromatic carbocycles. The fraction of sp³-hybridized carbons (Fsp3) is 0.111. The van der Waals surface area contributed by atoms with Gasteiger partial charge in [-0.3, -0.25) is 9.97 Å². The lowest BCUT2D eigenvalue weighted by Gasteiger charge is -2.08. The molecule has 1 heterocycles. The average Bonchev–Trinajstić information content (AvgIpc) is 2.28. The first-order chi connectivity index (χ1) is 7.51. The highest BCUT2D eigenvalue weighted by Crippen LogP contribution is 2.19. The molecule has 0 atom stereocenters. The average molecular weight is 258 g/mol. The van der Waals surface area contributed by atoms with Crippen LogP contribution >= 0.6 is 11.8 Å². The number of benzene rings is 1. The minimum absolute atomic E-state index is 0.0954. The van der Waals surface area contributed by atoms with Crippen molar-refractivity contribution in [2.75, 3.05) is 7.05 Å². The van der Waals surface area contributed by atoms with Gasteiger partial charge in [0.25, 0.3) is 10.0 Å². The maximum absolute atomic E-state index is 11.7. The Balaban J connectivity index is 2.65. The van der Waals surface area contributed by atoms with Crippen molar-refractivity contribution in [2.24, 2.45) is 0 Å². The van der Waals surface area contributed by atoms with Gasteiger partial charge in [0.15, 0.2) is 0 Å². The Labute approximate surface area is 97.9 Å². The van der Waals surface area contributed by atoms with Crippen LogP contribution in [-0.4, -0.2) is 29.3 Å². The van der Waals surface area contributed by atoms with Crippen LogP contribution in [0.15, 0.2) is 35.5 Å². The molecule has 0 N–H and O–H groups in total. The summed E-state index contributed by atoms with van der Waals surface area (Å²) < 4.78 is 24.1. The Bertz CT molecular complexity index is 627. The van der Waals surface area contributed by atoms with Gasteiger partial charge in [0.2, 0.25) is 0 Å². The fourth-order valence-corrected chi connectivity index (χ4v) is 2.28. The van der Waals surface area contributed by atoms with E-state index in [2.05, 4.69) is 9.97 Å². The van der Waals surface area contributed by atoms with Gasteiger partial charge in [-0.1, -0.05) is 0 Å². The van der Waals surface area contributed by atoms with Gasteiger partial charge in [0.05, 0.1) is 15.9 Å². The van der Waals surface area contributed by atoms with Crippen LogP contribution < -0.4 is 0 Å². The molecule has 0 amide bonds. The van der Waals surface area contributed by atoms with Crippen LogP contribution in [0.4, 0.5) is 0 Å². The maximum Gasteiger partial charge on any atom is 0.256 e. The summed E-state index contributed by atoms with van der Waals surface area (Å²) in [6, 6.07) is 4.48. The van der Waals surface area contributed by atoms with Crippen LogP contribution in [0.25, 0.3) is 11.0 Å². The van der Waals surface area contributed by atoms with E-state index < -0.39 is 10.0 Å². The Hall–Kier alpha value is -1.24. The van der Waals surface area contributed by atoms with Crippen molar-refractivity contribution < 1.29 is 8.42 Å². The van der Waals surface area contributed by atoms with Crippen molar-refractivity contribution in [3.8, 4) is 0 Å². The largest absolute Gasteiger partial charge is 0.256 e. The van der Waals surface area contributed by atoms with Gasteiger partial charge < -0.3 is 0 Å². The quantitative estimate of drug-likeness (QED) is 0.763. The Morgan fingerprint density at radius 1 is 1.19 bits per heavy atom. The SMILES string of the molecule is CN(Cl)S(=O)(=O)c1ccc2nccnc2c1. The number of hydrogen-bond donors (Lipinski definition) is 0. The molecule has 0 bridgehead atoms. The number of aromatic nitrogens is 2. The summed E-state index contributed by atoms with van der Waals surface area (Å²) in [5, 5.41) is 0. The molecule has 0 saturated carbocycles. The topological polar surface area (TPSA) is 63.2 Å². The summed E-state index contributed by atoms with van der Waals surface area (Å²) >= 11 is 5.46. The van der Waals surface area contributed by atoms with Crippen molar-refractivity contribution in [3.63, 3.8) is 0 Å². The second-order valence-corrected chi connectivity index (χ2v) is 5.78. The van der Waals surface area contributed by atoms with Gasteiger partial charge in [0.1, 0.15) is 0 Å². The van der Waals surface area contributed by atoms with Crippen LogP contribution in [0, 0.1) is 0 Å². The second kappa shape index (κ2) is 3.97. The van der Waals surface area contributed by atoms with Crippen molar-refractivity contribution in [3.05, 3.63) is 30.6 Å². The van der Waals surface area contributed by atoms with Crippen molar-refractivity contribution in [1.29, 1.82) is 0 Å². The van der Waals surface area contributed by atoms with Gasteiger partial charge in [-0.25, -0.2) is 8.42 Å². The summed E-state index contributed by atoms with van der Waals surface area (Å²) in [7, 11) is -2.38. The fourth-order valence-electron chi connectivity index (χ4n) is 1.25. The predicted molar refractivity (Wildman–Crippen MR) is 60.3 cm³/mol. The smallest absolute Gasteiger partial charge is 0.253 e. The van der Waals surface area contributed by atoms with Crippen molar-refractivity contribution in [1.82, 2.24) is 13.8 Å². The summed E-state index contributed by atoms with van der Waals surface area (Å²) in [5.41, 5.74) is 1.15. The third-order valence-corrected chi connectivity index (χ3v) is 4.13. The molecule has 0 radical (unpaired) electrons. The van der Waals surface area contributed by atoms with E-state index in [0.717, 1.165) is 0 Å². The van der Waals surface area contributed by atoms with Gasteiger partial charge in [-0.05, 0) is 30.0 Å². The molecule has 0 spiro atoms. The van der Waals surface area contributed by atoms with E-state index in [4.69, 9.17) is 11.8 Å². The van der Waals surface area contributed by atoms with Crippen LogP contribution in [0.5, 0.6) is 0 Å². The van der Waals surface area contributed by atoms with Crippen LogP contribution in [-0.2, 0) is 10.0 Å². The number of hydrogen-bond acceptors (Lipinski definition) is 4. The molecule has 0 unspecified atom stereocenters. The molecule has 2 rings (SSSR count). The normalized spacial score (nSPS) is 12.2. The molecule has 0 saturated heterocycles. The zero-order chi connectivity index (χ0) is 11.8. The van der Waals surface area contributed by atoms with E-state index in [0.29, 0.717) is 14.9 Å². The second-order valence-electron chi connectivity index (χ2n) is 3.10. The first-order valence-corrected chi connectivity index (χ1v) is 6.15. The number of halogens is 1. The number of nitrogens with zero attached hydrogens (tertiary/aromatic N) is 3. The molecule has 16 heavy (non-hydrogen) atoms. The van der Waals surface area contributed by atoms with E-state index in [1.807, 2.05) is 0 Å². The molecular formula is C9H8ClN3O2S. The van der Waals surface area contributed by atoms with Gasteiger partial charge >= 0.3 is 0 Å². The first kappa shape index (κ1) is 11.3. The standard InChI is InChI=1S/C9H8ClN3O2S/c1-13(10)16(14,15)7-2-3-8-9(6-7)12-5-4-11-8/h2-6H,1H3. The number of fused-ring (bicyclic) bond motifs is 1. The molecule has 1 aromatic heterocycles. The van der Waals surface area contributed by atoms with E-state index in [9.17, 15) is 8.42 Å². The van der Waals surface area contributed by atoms with Crippen LogP contribution in [0.2, 0.25) is 0 Å². The van der Waals surface area contributed by atoms with E-state index in [-0.39, 0.29) is 4.90 Å². The van der Waals surface area contributed by atoms with Gasteiger partial charge in [-0.2, -0.15) is 0 Å². The summed E-state index contributed by atoms with van der Waals surface area (Å²) in [5.74, 6) is 0. The number of rotatable bonds is 2. The van der Waals surface area contributed by atoms with Gasteiger partial charge in [0, 0.05) is 19.4 Å². The zero-order valence-corrected chi connectivity index (χ0v) is 9.90.